The number of benzene rings is 1. The van der Waals surface area contributed by atoms with Crippen molar-refractivity contribution in [3.8, 4) is 0 Å². The van der Waals surface area contributed by atoms with Gasteiger partial charge in [0.2, 0.25) is 0 Å². The maximum absolute atomic E-state index is 12.5. The van der Waals surface area contributed by atoms with E-state index in [0.29, 0.717) is 24.6 Å². The standard InChI is InChI=1S/C15H17NO3.C2H6/c1-2-19-14(18)15-8-11(9-15)10-16(15)13(17)12-6-4-3-5-7-12;1-2/h3-7,11H,2,8-10H2,1H3;1-2H3. The van der Waals surface area contributed by atoms with Crippen LogP contribution in [0.25, 0.3) is 0 Å². The summed E-state index contributed by atoms with van der Waals surface area (Å²) in [5.41, 5.74) is -0.0492. The van der Waals surface area contributed by atoms with E-state index in [9.17, 15) is 9.59 Å². The van der Waals surface area contributed by atoms with Gasteiger partial charge in [-0.15, -0.1) is 0 Å². The van der Waals surface area contributed by atoms with Crippen molar-refractivity contribution in [3.63, 3.8) is 0 Å². The molecule has 3 aliphatic rings. The number of fused-ring (bicyclic) bond motifs is 1. The summed E-state index contributed by atoms with van der Waals surface area (Å²) in [5, 5.41) is 0. The van der Waals surface area contributed by atoms with Gasteiger partial charge in [0.15, 0.2) is 0 Å². The molecule has 4 rings (SSSR count). The van der Waals surface area contributed by atoms with Gasteiger partial charge in [-0.25, -0.2) is 4.79 Å². The molecular weight excluding hydrogens is 266 g/mol. The summed E-state index contributed by atoms with van der Waals surface area (Å²) in [6.45, 7) is 6.83. The van der Waals surface area contributed by atoms with Crippen LogP contribution in [-0.4, -0.2) is 35.5 Å². The van der Waals surface area contributed by atoms with Gasteiger partial charge in [-0.05, 0) is 37.8 Å². The van der Waals surface area contributed by atoms with Gasteiger partial charge in [-0.3, -0.25) is 4.79 Å². The molecule has 2 heterocycles. The van der Waals surface area contributed by atoms with E-state index in [1.807, 2.05) is 32.0 Å². The lowest BCUT2D eigenvalue weighted by atomic mass is 9.73. The third kappa shape index (κ3) is 2.55. The second-order valence-corrected chi connectivity index (χ2v) is 5.31. The fourth-order valence-electron chi connectivity index (χ4n) is 3.23. The molecule has 2 aliphatic heterocycles. The molecule has 1 saturated carbocycles. The Morgan fingerprint density at radius 2 is 1.86 bits per heavy atom. The summed E-state index contributed by atoms with van der Waals surface area (Å²) < 4.78 is 5.15. The summed E-state index contributed by atoms with van der Waals surface area (Å²) in [6, 6.07) is 9.13. The molecule has 2 bridgehead atoms. The van der Waals surface area contributed by atoms with E-state index in [2.05, 4.69) is 0 Å². The molecular formula is C17H23NO3. The fraction of sp³-hybridized carbons (Fsp3) is 0.529. The number of amides is 1. The van der Waals surface area contributed by atoms with Crippen molar-refractivity contribution in [1.29, 1.82) is 0 Å². The highest BCUT2D eigenvalue weighted by Crippen LogP contribution is 2.51. The molecule has 1 amide bonds. The molecule has 2 saturated heterocycles. The van der Waals surface area contributed by atoms with Gasteiger partial charge >= 0.3 is 5.97 Å². The molecule has 0 unspecified atom stereocenters. The molecule has 114 valence electrons. The van der Waals surface area contributed by atoms with Gasteiger partial charge < -0.3 is 9.64 Å². The van der Waals surface area contributed by atoms with Crippen LogP contribution in [0.15, 0.2) is 30.3 Å². The summed E-state index contributed by atoms with van der Waals surface area (Å²) in [6.07, 6.45) is 1.51. The molecule has 3 fully saturated rings. The maximum atomic E-state index is 12.5. The van der Waals surface area contributed by atoms with Gasteiger partial charge in [0, 0.05) is 12.1 Å². The Hall–Kier alpha value is -1.84. The monoisotopic (exact) mass is 289 g/mol. The number of ether oxygens (including phenoxy) is 1. The predicted molar refractivity (Wildman–Crippen MR) is 80.9 cm³/mol. The van der Waals surface area contributed by atoms with Crippen LogP contribution < -0.4 is 0 Å². The largest absolute Gasteiger partial charge is 0.464 e. The SMILES string of the molecule is CC.CCOC(=O)C12CC(CN1C(=O)c1ccccc1)C2. The first kappa shape index (κ1) is 15.5. The van der Waals surface area contributed by atoms with E-state index >= 15 is 0 Å². The molecule has 0 N–H and O–H groups in total. The van der Waals surface area contributed by atoms with Crippen LogP contribution in [0.3, 0.4) is 0 Å². The third-order valence-electron chi connectivity index (χ3n) is 4.13. The lowest BCUT2D eigenvalue weighted by Gasteiger charge is -2.39. The number of nitrogens with zero attached hydrogens (tertiary/aromatic N) is 1. The van der Waals surface area contributed by atoms with E-state index in [4.69, 9.17) is 4.74 Å². The Bertz CT molecular complexity index is 506. The molecule has 1 aromatic rings. The molecule has 0 spiro atoms. The van der Waals surface area contributed by atoms with E-state index in [1.165, 1.54) is 0 Å². The van der Waals surface area contributed by atoms with Crippen molar-refractivity contribution in [2.45, 2.75) is 39.2 Å². The zero-order chi connectivity index (χ0) is 15.5. The van der Waals surface area contributed by atoms with Gasteiger partial charge in [-0.1, -0.05) is 32.0 Å². The quantitative estimate of drug-likeness (QED) is 0.804. The zero-order valence-electron chi connectivity index (χ0n) is 13.0. The van der Waals surface area contributed by atoms with E-state index in [0.717, 1.165) is 12.8 Å². The smallest absolute Gasteiger partial charge is 0.332 e. The first-order valence-corrected chi connectivity index (χ1v) is 7.71. The van der Waals surface area contributed by atoms with Crippen LogP contribution in [0.4, 0.5) is 0 Å². The lowest BCUT2D eigenvalue weighted by molar-refractivity contribution is -0.157. The number of carbonyl (C=O) groups is 2. The van der Waals surface area contributed by atoms with Crippen molar-refractivity contribution >= 4 is 11.9 Å². The van der Waals surface area contributed by atoms with Crippen LogP contribution in [-0.2, 0) is 9.53 Å². The van der Waals surface area contributed by atoms with Crippen molar-refractivity contribution in [3.05, 3.63) is 35.9 Å². The molecule has 21 heavy (non-hydrogen) atoms. The fourth-order valence-corrected chi connectivity index (χ4v) is 3.23. The summed E-state index contributed by atoms with van der Waals surface area (Å²) in [7, 11) is 0. The van der Waals surface area contributed by atoms with Crippen LogP contribution in [0, 0.1) is 5.92 Å². The number of esters is 1. The first-order chi connectivity index (χ1) is 10.2. The van der Waals surface area contributed by atoms with Crippen molar-refractivity contribution in [1.82, 2.24) is 4.90 Å². The lowest BCUT2D eigenvalue weighted by Crippen LogP contribution is -2.55. The second-order valence-electron chi connectivity index (χ2n) is 5.31. The Balaban J connectivity index is 0.000000774. The summed E-state index contributed by atoms with van der Waals surface area (Å²) >= 11 is 0. The van der Waals surface area contributed by atoms with Crippen molar-refractivity contribution in [2.24, 2.45) is 5.92 Å². The average molecular weight is 289 g/mol. The highest BCUT2D eigenvalue weighted by atomic mass is 16.5. The van der Waals surface area contributed by atoms with Crippen LogP contribution in [0.2, 0.25) is 0 Å². The maximum Gasteiger partial charge on any atom is 0.332 e. The zero-order valence-corrected chi connectivity index (χ0v) is 13.0. The molecule has 4 nitrogen and oxygen atoms in total. The molecule has 1 aliphatic carbocycles. The Labute approximate surface area is 126 Å². The molecule has 4 heteroatoms. The Morgan fingerprint density at radius 3 is 2.43 bits per heavy atom. The van der Waals surface area contributed by atoms with Gasteiger partial charge in [0.25, 0.3) is 5.91 Å². The Morgan fingerprint density at radius 1 is 1.24 bits per heavy atom. The molecule has 0 aromatic heterocycles. The average Bonchev–Trinajstić information content (AvgIpc) is 3.06. The minimum atomic E-state index is -0.687. The van der Waals surface area contributed by atoms with Crippen LogP contribution in [0.5, 0.6) is 0 Å². The third-order valence-corrected chi connectivity index (χ3v) is 4.13. The second kappa shape index (κ2) is 6.29. The number of rotatable bonds is 3. The first-order valence-electron chi connectivity index (χ1n) is 7.71. The Kier molecular flexibility index (Phi) is 4.66. The van der Waals surface area contributed by atoms with Gasteiger partial charge in [0.1, 0.15) is 5.54 Å². The number of hydrogen-bond donors (Lipinski definition) is 0. The summed E-state index contributed by atoms with van der Waals surface area (Å²) in [4.78, 5) is 26.4. The minimum Gasteiger partial charge on any atom is -0.464 e. The normalized spacial score (nSPS) is 25.5. The van der Waals surface area contributed by atoms with Crippen LogP contribution >= 0.6 is 0 Å². The van der Waals surface area contributed by atoms with Gasteiger partial charge in [0.05, 0.1) is 6.61 Å². The number of carbonyl (C=O) groups excluding carboxylic acids is 2. The van der Waals surface area contributed by atoms with E-state index in [1.54, 1.807) is 24.0 Å². The van der Waals surface area contributed by atoms with Gasteiger partial charge in [-0.2, -0.15) is 0 Å². The molecule has 0 radical (unpaired) electrons. The van der Waals surface area contributed by atoms with E-state index in [-0.39, 0.29) is 11.9 Å². The predicted octanol–water partition coefficient (Wildman–Crippen LogP) is 2.88. The van der Waals surface area contributed by atoms with Crippen molar-refractivity contribution in [2.75, 3.05) is 13.2 Å². The molecule has 1 aromatic carbocycles. The highest BCUT2D eigenvalue weighted by molar-refractivity contribution is 5.99. The van der Waals surface area contributed by atoms with Crippen LogP contribution in [0.1, 0.15) is 44.0 Å². The minimum absolute atomic E-state index is 0.0614. The molecule has 0 atom stereocenters. The summed E-state index contributed by atoms with van der Waals surface area (Å²) in [5.74, 6) is 0.152. The highest BCUT2D eigenvalue weighted by Gasteiger charge is 2.63. The van der Waals surface area contributed by atoms with Crippen molar-refractivity contribution < 1.29 is 14.3 Å². The van der Waals surface area contributed by atoms with E-state index < -0.39 is 5.54 Å². The topological polar surface area (TPSA) is 46.6 Å². The number of hydrogen-bond acceptors (Lipinski definition) is 3.